The van der Waals surface area contributed by atoms with Crippen LogP contribution in [-0.2, 0) is 13.0 Å². The number of nitrogens with zero attached hydrogens (tertiary/aromatic N) is 1. The Balaban J connectivity index is 1.57. The summed E-state index contributed by atoms with van der Waals surface area (Å²) in [7, 11) is 0. The van der Waals surface area contributed by atoms with Crippen molar-refractivity contribution in [2.75, 3.05) is 6.61 Å². The third kappa shape index (κ3) is 4.67. The first-order valence-corrected chi connectivity index (χ1v) is 11.2. The third-order valence-electron chi connectivity index (χ3n) is 5.14. The SMILES string of the molecule is CCOc1cc(/C=C2\Cc3ccccc3C2=O)cc(I)c1OCc1ccc([N+](=O)[O-])cc1. The Morgan fingerprint density at radius 1 is 1.09 bits per heavy atom. The van der Waals surface area contributed by atoms with Crippen LogP contribution in [0.5, 0.6) is 11.5 Å². The molecule has 0 aliphatic heterocycles. The number of nitro groups is 1. The number of rotatable bonds is 7. The van der Waals surface area contributed by atoms with E-state index in [2.05, 4.69) is 22.6 Å². The molecule has 0 aromatic heterocycles. The zero-order valence-corrected chi connectivity index (χ0v) is 19.5. The summed E-state index contributed by atoms with van der Waals surface area (Å²) in [6.45, 7) is 2.62. The highest BCUT2D eigenvalue weighted by molar-refractivity contribution is 14.1. The van der Waals surface area contributed by atoms with Gasteiger partial charge >= 0.3 is 0 Å². The van der Waals surface area contributed by atoms with Crippen LogP contribution >= 0.6 is 22.6 Å². The molecule has 0 spiro atoms. The monoisotopic (exact) mass is 541 g/mol. The van der Waals surface area contributed by atoms with E-state index in [-0.39, 0.29) is 18.1 Å². The lowest BCUT2D eigenvalue weighted by molar-refractivity contribution is -0.384. The minimum absolute atomic E-state index is 0.0411. The summed E-state index contributed by atoms with van der Waals surface area (Å²) >= 11 is 2.19. The number of hydrogen-bond acceptors (Lipinski definition) is 5. The van der Waals surface area contributed by atoms with E-state index in [4.69, 9.17) is 9.47 Å². The van der Waals surface area contributed by atoms with Gasteiger partial charge in [-0.15, -0.1) is 0 Å². The minimum atomic E-state index is -0.429. The molecule has 0 heterocycles. The van der Waals surface area contributed by atoms with Crippen molar-refractivity contribution in [3.05, 3.63) is 102 Å². The van der Waals surface area contributed by atoms with E-state index in [1.165, 1.54) is 12.1 Å². The molecule has 0 N–H and O–H groups in total. The first kappa shape index (κ1) is 22.0. The summed E-state index contributed by atoms with van der Waals surface area (Å²) < 4.78 is 12.7. The van der Waals surface area contributed by atoms with E-state index in [0.29, 0.717) is 24.5 Å². The normalized spacial score (nSPS) is 13.8. The largest absolute Gasteiger partial charge is 0.490 e. The molecule has 3 aromatic rings. The summed E-state index contributed by atoms with van der Waals surface area (Å²) in [6.07, 6.45) is 2.53. The zero-order chi connectivity index (χ0) is 22.7. The van der Waals surface area contributed by atoms with E-state index in [9.17, 15) is 14.9 Å². The standard InChI is InChI=1S/C25H20INO5/c1-2-31-23-13-17(11-19-14-18-5-3-4-6-21(18)24(19)28)12-22(26)25(23)32-15-16-7-9-20(10-8-16)27(29)30/h3-13H,2,14-15H2,1H3/b19-11+. The second-order valence-corrected chi connectivity index (χ2v) is 8.47. The van der Waals surface area contributed by atoms with Crippen LogP contribution in [-0.4, -0.2) is 17.3 Å². The van der Waals surface area contributed by atoms with Gasteiger partial charge in [0.25, 0.3) is 5.69 Å². The van der Waals surface area contributed by atoms with Gasteiger partial charge < -0.3 is 9.47 Å². The average Bonchev–Trinajstić information content (AvgIpc) is 3.09. The maximum absolute atomic E-state index is 12.7. The molecule has 6 nitrogen and oxygen atoms in total. The van der Waals surface area contributed by atoms with Crippen molar-refractivity contribution in [2.45, 2.75) is 20.0 Å². The molecule has 162 valence electrons. The average molecular weight is 541 g/mol. The van der Waals surface area contributed by atoms with Crippen LogP contribution in [0.1, 0.15) is 34.0 Å². The third-order valence-corrected chi connectivity index (χ3v) is 5.94. The molecule has 0 saturated carbocycles. The number of Topliss-reactive ketones (excluding diaryl/α,β-unsaturated/α-hetero) is 1. The van der Waals surface area contributed by atoms with Gasteiger partial charge in [-0.05, 0) is 76.5 Å². The van der Waals surface area contributed by atoms with Crippen molar-refractivity contribution in [1.82, 2.24) is 0 Å². The highest BCUT2D eigenvalue weighted by atomic mass is 127. The Bertz CT molecular complexity index is 1220. The lowest BCUT2D eigenvalue weighted by atomic mass is 10.1. The van der Waals surface area contributed by atoms with Gasteiger partial charge in [0.15, 0.2) is 17.3 Å². The number of ketones is 1. The second-order valence-electron chi connectivity index (χ2n) is 7.31. The Morgan fingerprint density at radius 2 is 1.84 bits per heavy atom. The molecule has 0 bridgehead atoms. The fourth-order valence-electron chi connectivity index (χ4n) is 3.62. The van der Waals surface area contributed by atoms with Gasteiger partial charge in [-0.1, -0.05) is 24.3 Å². The Kier molecular flexibility index (Phi) is 6.55. The van der Waals surface area contributed by atoms with Crippen LogP contribution in [0.25, 0.3) is 6.08 Å². The lowest BCUT2D eigenvalue weighted by Crippen LogP contribution is -2.02. The molecule has 32 heavy (non-hydrogen) atoms. The van der Waals surface area contributed by atoms with Crippen molar-refractivity contribution in [3.63, 3.8) is 0 Å². The van der Waals surface area contributed by atoms with Crippen LogP contribution in [0.15, 0.2) is 66.2 Å². The van der Waals surface area contributed by atoms with Crippen LogP contribution < -0.4 is 9.47 Å². The number of non-ortho nitro benzene ring substituents is 1. The molecule has 1 aliphatic carbocycles. The van der Waals surface area contributed by atoms with Gasteiger partial charge in [-0.25, -0.2) is 0 Å². The molecular weight excluding hydrogens is 521 g/mol. The predicted molar refractivity (Wildman–Crippen MR) is 130 cm³/mol. The summed E-state index contributed by atoms with van der Waals surface area (Å²) in [5.74, 6) is 1.26. The maximum atomic E-state index is 12.7. The summed E-state index contributed by atoms with van der Waals surface area (Å²) in [4.78, 5) is 23.1. The van der Waals surface area contributed by atoms with E-state index in [0.717, 1.165) is 31.4 Å². The molecule has 0 unspecified atom stereocenters. The lowest BCUT2D eigenvalue weighted by Gasteiger charge is -2.15. The van der Waals surface area contributed by atoms with E-state index < -0.39 is 4.92 Å². The summed E-state index contributed by atoms with van der Waals surface area (Å²) in [5.41, 5.74) is 4.29. The van der Waals surface area contributed by atoms with Gasteiger partial charge in [0.2, 0.25) is 0 Å². The van der Waals surface area contributed by atoms with Crippen LogP contribution in [0, 0.1) is 13.7 Å². The van der Waals surface area contributed by atoms with Crippen LogP contribution in [0.4, 0.5) is 5.69 Å². The Morgan fingerprint density at radius 3 is 2.53 bits per heavy atom. The quantitative estimate of drug-likeness (QED) is 0.159. The van der Waals surface area contributed by atoms with Crippen molar-refractivity contribution in [2.24, 2.45) is 0 Å². The number of allylic oxidation sites excluding steroid dienone is 1. The Hall–Kier alpha value is -3.20. The predicted octanol–water partition coefficient (Wildman–Crippen LogP) is 6.00. The molecule has 0 amide bonds. The Labute approximate surface area is 199 Å². The van der Waals surface area contributed by atoms with Crippen molar-refractivity contribution in [3.8, 4) is 11.5 Å². The number of hydrogen-bond donors (Lipinski definition) is 0. The highest BCUT2D eigenvalue weighted by Crippen LogP contribution is 2.36. The number of benzene rings is 3. The summed E-state index contributed by atoms with van der Waals surface area (Å²) in [6, 6.07) is 17.8. The molecule has 0 atom stereocenters. The van der Waals surface area contributed by atoms with Crippen molar-refractivity contribution in [1.29, 1.82) is 0 Å². The number of carbonyl (C=O) groups excluding carboxylic acids is 1. The molecular formula is C25H20INO5. The summed E-state index contributed by atoms with van der Waals surface area (Å²) in [5, 5.41) is 10.8. The number of nitro benzene ring substituents is 1. The molecule has 4 rings (SSSR count). The number of halogens is 1. The van der Waals surface area contributed by atoms with Gasteiger partial charge in [0.1, 0.15) is 6.61 Å². The van der Waals surface area contributed by atoms with Gasteiger partial charge in [-0.3, -0.25) is 14.9 Å². The van der Waals surface area contributed by atoms with Crippen molar-refractivity contribution >= 4 is 40.1 Å². The molecule has 3 aromatic carbocycles. The molecule has 1 aliphatic rings. The van der Waals surface area contributed by atoms with Crippen LogP contribution in [0.3, 0.4) is 0 Å². The number of fused-ring (bicyclic) bond motifs is 1. The smallest absolute Gasteiger partial charge is 0.269 e. The number of carbonyl (C=O) groups is 1. The second kappa shape index (κ2) is 9.52. The highest BCUT2D eigenvalue weighted by Gasteiger charge is 2.24. The van der Waals surface area contributed by atoms with Crippen LogP contribution in [0.2, 0.25) is 0 Å². The topological polar surface area (TPSA) is 78.7 Å². The molecule has 0 radical (unpaired) electrons. The first-order valence-electron chi connectivity index (χ1n) is 10.1. The minimum Gasteiger partial charge on any atom is -0.490 e. The maximum Gasteiger partial charge on any atom is 0.269 e. The zero-order valence-electron chi connectivity index (χ0n) is 17.3. The van der Waals surface area contributed by atoms with Gasteiger partial charge in [-0.2, -0.15) is 0 Å². The molecule has 0 saturated heterocycles. The molecule has 7 heteroatoms. The first-order chi connectivity index (χ1) is 15.5. The van der Waals surface area contributed by atoms with Gasteiger partial charge in [0, 0.05) is 29.7 Å². The number of ether oxygens (including phenoxy) is 2. The fourth-order valence-corrected chi connectivity index (χ4v) is 4.40. The fraction of sp³-hybridized carbons (Fsp3) is 0.160. The van der Waals surface area contributed by atoms with E-state index >= 15 is 0 Å². The molecule has 0 fully saturated rings. The van der Waals surface area contributed by atoms with E-state index in [1.807, 2.05) is 49.4 Å². The van der Waals surface area contributed by atoms with Gasteiger partial charge in [0.05, 0.1) is 15.1 Å². The van der Waals surface area contributed by atoms with E-state index in [1.54, 1.807) is 12.1 Å². The van der Waals surface area contributed by atoms with Crippen molar-refractivity contribution < 1.29 is 19.2 Å².